The molecule has 0 saturated carbocycles. The Labute approximate surface area is 162 Å². The monoisotopic (exact) mass is 384 g/mol. The van der Waals surface area contributed by atoms with Gasteiger partial charge in [-0.2, -0.15) is 0 Å². The molecule has 2 aromatic heterocycles. The number of halogens is 1. The molecular weight excluding hydrogens is 364 g/mol. The van der Waals surface area contributed by atoms with Gasteiger partial charge in [0.2, 0.25) is 5.78 Å². The smallest absolute Gasteiger partial charge is 0.310 e. The van der Waals surface area contributed by atoms with Crippen molar-refractivity contribution in [2.45, 2.75) is 32.6 Å². The number of esters is 1. The Morgan fingerprint density at radius 3 is 2.59 bits per heavy atom. The van der Waals surface area contributed by atoms with Crippen molar-refractivity contribution in [1.29, 1.82) is 0 Å². The third kappa shape index (κ3) is 3.88. The molecule has 0 fully saturated rings. The second-order valence-electron chi connectivity index (χ2n) is 7.43. The van der Waals surface area contributed by atoms with E-state index in [2.05, 4.69) is 30.7 Å². The molecule has 3 aromatic rings. The normalized spacial score (nSPS) is 11.6. The van der Waals surface area contributed by atoms with Gasteiger partial charge in [0, 0.05) is 27.7 Å². The second-order valence-corrected chi connectivity index (χ2v) is 7.87. The molecule has 6 heteroatoms. The number of nitrogens with one attached hydrogen (secondary N) is 1. The number of carbonyl (C=O) groups is 2. The summed E-state index contributed by atoms with van der Waals surface area (Å²) in [5, 5.41) is 1.25. The quantitative estimate of drug-likeness (QED) is 0.532. The van der Waals surface area contributed by atoms with Crippen molar-refractivity contribution in [3.8, 4) is 0 Å². The zero-order valence-electron chi connectivity index (χ0n) is 15.7. The van der Waals surface area contributed by atoms with E-state index in [9.17, 15) is 9.59 Å². The van der Waals surface area contributed by atoms with Gasteiger partial charge in [-0.15, -0.1) is 0 Å². The van der Waals surface area contributed by atoms with E-state index in [4.69, 9.17) is 16.3 Å². The van der Waals surface area contributed by atoms with E-state index in [0.717, 1.165) is 16.5 Å². The summed E-state index contributed by atoms with van der Waals surface area (Å²) >= 11 is 6.11. The number of ether oxygens (including phenoxy) is 1. The number of benzene rings is 1. The Hall–Kier alpha value is -2.66. The molecule has 0 spiro atoms. The Bertz CT molecular complexity index is 1030. The van der Waals surface area contributed by atoms with Gasteiger partial charge in [-0.3, -0.25) is 14.6 Å². The molecule has 0 amide bonds. The number of nitrogens with zero attached hydrogens (tertiary/aromatic N) is 1. The average Bonchev–Trinajstić information content (AvgIpc) is 2.98. The van der Waals surface area contributed by atoms with Crippen molar-refractivity contribution in [2.24, 2.45) is 0 Å². The van der Waals surface area contributed by atoms with Gasteiger partial charge < -0.3 is 9.72 Å². The lowest BCUT2D eigenvalue weighted by Crippen LogP contribution is -2.15. The van der Waals surface area contributed by atoms with Gasteiger partial charge in [0.25, 0.3) is 0 Å². The summed E-state index contributed by atoms with van der Waals surface area (Å²) in [6.45, 7) is 6.22. The lowest BCUT2D eigenvalue weighted by molar-refractivity contribution is -0.139. The van der Waals surface area contributed by atoms with E-state index in [0.29, 0.717) is 22.0 Å². The van der Waals surface area contributed by atoms with Crippen LogP contribution in [0.3, 0.4) is 0 Å². The van der Waals surface area contributed by atoms with E-state index >= 15 is 0 Å². The van der Waals surface area contributed by atoms with E-state index in [-0.39, 0.29) is 17.6 Å². The van der Waals surface area contributed by atoms with Gasteiger partial charge in [0.1, 0.15) is 5.69 Å². The largest absolute Gasteiger partial charge is 0.469 e. The number of pyridine rings is 1. The molecule has 0 aliphatic carbocycles. The van der Waals surface area contributed by atoms with Crippen LogP contribution in [0.1, 0.15) is 48.1 Å². The fraction of sp³-hybridized carbons (Fsp3) is 0.286. The summed E-state index contributed by atoms with van der Waals surface area (Å²) in [5.41, 5.74) is 2.85. The number of methoxy groups -OCH3 is 1. The van der Waals surface area contributed by atoms with Crippen LogP contribution in [0.4, 0.5) is 0 Å². The minimum absolute atomic E-state index is 0.0309. The van der Waals surface area contributed by atoms with Crippen LogP contribution in [-0.4, -0.2) is 28.8 Å². The molecule has 1 N–H and O–H groups in total. The maximum Gasteiger partial charge on any atom is 0.310 e. The molecule has 0 unspecified atom stereocenters. The van der Waals surface area contributed by atoms with Gasteiger partial charge in [-0.25, -0.2) is 0 Å². The summed E-state index contributed by atoms with van der Waals surface area (Å²) in [6.07, 6.45) is 1.60. The molecule has 0 saturated heterocycles. The first-order valence-electron chi connectivity index (χ1n) is 8.59. The SMILES string of the molecule is COC(=O)Cc1c(C(=O)c2cc(C(C)(C)C)ccn2)[nH]c2ccc(Cl)cc12. The van der Waals surface area contributed by atoms with Crippen LogP contribution in [0, 0.1) is 0 Å². The number of aromatic amines is 1. The van der Waals surface area contributed by atoms with Gasteiger partial charge >= 0.3 is 5.97 Å². The zero-order valence-corrected chi connectivity index (χ0v) is 16.5. The molecule has 0 atom stereocenters. The fourth-order valence-corrected chi connectivity index (χ4v) is 3.14. The first-order valence-corrected chi connectivity index (χ1v) is 8.96. The van der Waals surface area contributed by atoms with Crippen LogP contribution in [0.25, 0.3) is 10.9 Å². The van der Waals surface area contributed by atoms with Crippen molar-refractivity contribution >= 4 is 34.3 Å². The van der Waals surface area contributed by atoms with Crippen molar-refractivity contribution in [2.75, 3.05) is 7.11 Å². The number of rotatable bonds is 4. The Balaban J connectivity index is 2.14. The van der Waals surface area contributed by atoms with Crippen molar-refractivity contribution in [3.63, 3.8) is 0 Å². The molecule has 0 aliphatic rings. The van der Waals surface area contributed by atoms with Gasteiger partial charge in [0.15, 0.2) is 0 Å². The predicted molar refractivity (Wildman–Crippen MR) is 105 cm³/mol. The fourth-order valence-electron chi connectivity index (χ4n) is 2.96. The highest BCUT2D eigenvalue weighted by atomic mass is 35.5. The summed E-state index contributed by atoms with van der Waals surface area (Å²) in [6, 6.07) is 8.95. The third-order valence-corrected chi connectivity index (χ3v) is 4.74. The number of H-pyrrole nitrogens is 1. The van der Waals surface area contributed by atoms with Gasteiger partial charge in [0.05, 0.1) is 19.2 Å². The Morgan fingerprint density at radius 1 is 1.19 bits per heavy atom. The topological polar surface area (TPSA) is 72.1 Å². The van der Waals surface area contributed by atoms with E-state index in [1.165, 1.54) is 7.11 Å². The molecule has 5 nitrogen and oxygen atoms in total. The van der Waals surface area contributed by atoms with Crippen LogP contribution in [0.5, 0.6) is 0 Å². The predicted octanol–water partition coefficient (Wildman–Crippen LogP) is 4.46. The molecule has 0 aliphatic heterocycles. The molecule has 3 rings (SSSR count). The number of ketones is 1. The summed E-state index contributed by atoms with van der Waals surface area (Å²) < 4.78 is 4.79. The molecule has 1 aromatic carbocycles. The van der Waals surface area contributed by atoms with Crippen LogP contribution < -0.4 is 0 Å². The van der Waals surface area contributed by atoms with E-state index < -0.39 is 5.97 Å². The molecule has 27 heavy (non-hydrogen) atoms. The van der Waals surface area contributed by atoms with E-state index in [1.54, 1.807) is 30.5 Å². The molecule has 140 valence electrons. The van der Waals surface area contributed by atoms with Crippen molar-refractivity contribution in [3.05, 3.63) is 64.1 Å². The van der Waals surface area contributed by atoms with Gasteiger partial charge in [-0.05, 0) is 41.3 Å². The molecule has 2 heterocycles. The van der Waals surface area contributed by atoms with Gasteiger partial charge in [-0.1, -0.05) is 32.4 Å². The summed E-state index contributed by atoms with van der Waals surface area (Å²) in [7, 11) is 1.32. The molecule has 0 radical (unpaired) electrons. The van der Waals surface area contributed by atoms with Crippen LogP contribution in [0.2, 0.25) is 5.02 Å². The highest BCUT2D eigenvalue weighted by Gasteiger charge is 2.24. The maximum absolute atomic E-state index is 13.2. The lowest BCUT2D eigenvalue weighted by Gasteiger charge is -2.19. The first-order chi connectivity index (χ1) is 12.7. The van der Waals surface area contributed by atoms with Crippen LogP contribution in [-0.2, 0) is 21.4 Å². The zero-order chi connectivity index (χ0) is 19.8. The number of fused-ring (bicyclic) bond motifs is 1. The van der Waals surface area contributed by atoms with Crippen LogP contribution >= 0.6 is 11.6 Å². The van der Waals surface area contributed by atoms with E-state index in [1.807, 2.05) is 6.07 Å². The highest BCUT2D eigenvalue weighted by molar-refractivity contribution is 6.31. The average molecular weight is 385 g/mol. The number of hydrogen-bond acceptors (Lipinski definition) is 4. The Morgan fingerprint density at radius 2 is 1.93 bits per heavy atom. The van der Waals surface area contributed by atoms with Crippen molar-refractivity contribution < 1.29 is 14.3 Å². The van der Waals surface area contributed by atoms with Crippen molar-refractivity contribution in [1.82, 2.24) is 9.97 Å². The minimum Gasteiger partial charge on any atom is -0.469 e. The van der Waals surface area contributed by atoms with Crippen LogP contribution in [0.15, 0.2) is 36.5 Å². The lowest BCUT2D eigenvalue weighted by atomic mass is 9.87. The first kappa shape index (κ1) is 19.1. The number of hydrogen-bond donors (Lipinski definition) is 1. The Kier molecular flexibility index (Phi) is 5.07. The highest BCUT2D eigenvalue weighted by Crippen LogP contribution is 2.29. The standard InChI is InChI=1S/C21H21ClN2O3/c1-21(2,3)12-7-8-23-17(9-12)20(26)19-15(11-18(25)27-4)14-10-13(22)5-6-16(14)24-19/h5-10,24H,11H2,1-4H3. The molecule has 0 bridgehead atoms. The minimum atomic E-state index is -0.429. The molecular formula is C21H21ClN2O3. The third-order valence-electron chi connectivity index (χ3n) is 4.50. The summed E-state index contributed by atoms with van der Waals surface area (Å²) in [5.74, 6) is -0.700. The second kappa shape index (κ2) is 7.16. The number of aromatic nitrogens is 2. The maximum atomic E-state index is 13.2. The summed E-state index contributed by atoms with van der Waals surface area (Å²) in [4.78, 5) is 32.5. The number of carbonyl (C=O) groups excluding carboxylic acids is 2.